The predicted octanol–water partition coefficient (Wildman–Crippen LogP) is 2.80. The van der Waals surface area contributed by atoms with E-state index in [1.165, 1.54) is 0 Å². The molecule has 0 radical (unpaired) electrons. The van der Waals surface area contributed by atoms with Crippen LogP contribution in [0, 0.1) is 29.6 Å². The Kier molecular flexibility index (Phi) is 3.04. The molecule has 1 nitrogen and oxygen atoms in total. The molecule has 0 heterocycles. The minimum atomic E-state index is -0.786. The number of hydrogen-bond donors (Lipinski definition) is 2. The summed E-state index contributed by atoms with van der Waals surface area (Å²) in [5, 5.41) is 10.2. The SMILES string of the molecule is CC1[C@H](C)C(C)C(O)(S)[C@H](C)[C@H]1C. The molecule has 1 saturated carbocycles. The quantitative estimate of drug-likeness (QED) is 0.457. The van der Waals surface area contributed by atoms with Gasteiger partial charge in [-0.05, 0) is 29.6 Å². The van der Waals surface area contributed by atoms with E-state index in [1.807, 2.05) is 0 Å². The molecule has 6 atom stereocenters. The summed E-state index contributed by atoms with van der Waals surface area (Å²) in [6.45, 7) is 10.9. The molecule has 0 spiro atoms. The van der Waals surface area contributed by atoms with E-state index < -0.39 is 4.93 Å². The molecule has 13 heavy (non-hydrogen) atoms. The summed E-state index contributed by atoms with van der Waals surface area (Å²) in [5.74, 6) is 2.33. The topological polar surface area (TPSA) is 20.2 Å². The van der Waals surface area contributed by atoms with E-state index in [0.29, 0.717) is 17.8 Å². The Morgan fingerprint density at radius 2 is 1.15 bits per heavy atom. The molecule has 0 aliphatic heterocycles. The molecule has 78 valence electrons. The molecule has 1 fully saturated rings. The van der Waals surface area contributed by atoms with Gasteiger partial charge in [0.1, 0.15) is 4.93 Å². The first-order chi connectivity index (χ1) is 5.80. The van der Waals surface area contributed by atoms with Crippen LogP contribution in [0.15, 0.2) is 0 Å². The van der Waals surface area contributed by atoms with Crippen LogP contribution in [0.4, 0.5) is 0 Å². The smallest absolute Gasteiger partial charge is 0.113 e. The summed E-state index contributed by atoms with van der Waals surface area (Å²) in [5.41, 5.74) is 0. The van der Waals surface area contributed by atoms with Crippen molar-refractivity contribution in [3.63, 3.8) is 0 Å². The fourth-order valence-electron chi connectivity index (χ4n) is 2.58. The minimum absolute atomic E-state index is 0.275. The third kappa shape index (κ3) is 1.63. The Bertz CT molecular complexity index is 173. The zero-order valence-electron chi connectivity index (χ0n) is 9.28. The number of rotatable bonds is 0. The van der Waals surface area contributed by atoms with Gasteiger partial charge in [0.2, 0.25) is 0 Å². The van der Waals surface area contributed by atoms with Crippen LogP contribution in [0.3, 0.4) is 0 Å². The third-order valence-corrected chi connectivity index (χ3v) is 5.39. The van der Waals surface area contributed by atoms with Gasteiger partial charge in [-0.25, -0.2) is 0 Å². The summed E-state index contributed by atoms with van der Waals surface area (Å²) >= 11 is 4.42. The van der Waals surface area contributed by atoms with E-state index in [2.05, 4.69) is 47.2 Å². The van der Waals surface area contributed by atoms with Gasteiger partial charge in [-0.1, -0.05) is 34.6 Å². The van der Waals surface area contributed by atoms with Gasteiger partial charge in [0.25, 0.3) is 0 Å². The first kappa shape index (κ1) is 11.4. The van der Waals surface area contributed by atoms with Crippen LogP contribution >= 0.6 is 12.6 Å². The van der Waals surface area contributed by atoms with Gasteiger partial charge in [-0.3, -0.25) is 0 Å². The van der Waals surface area contributed by atoms with Crippen molar-refractivity contribution in [2.75, 3.05) is 0 Å². The summed E-state index contributed by atoms with van der Waals surface area (Å²) in [7, 11) is 0. The van der Waals surface area contributed by atoms with Crippen LogP contribution in [-0.4, -0.2) is 10.0 Å². The Morgan fingerprint density at radius 1 is 0.846 bits per heavy atom. The van der Waals surface area contributed by atoms with Crippen molar-refractivity contribution in [2.24, 2.45) is 29.6 Å². The Labute approximate surface area is 87.3 Å². The molecule has 1 rings (SSSR count). The molecule has 0 amide bonds. The maximum absolute atomic E-state index is 10.2. The van der Waals surface area contributed by atoms with Crippen LogP contribution in [0.5, 0.6) is 0 Å². The molecule has 0 aromatic carbocycles. The lowest BCUT2D eigenvalue weighted by Crippen LogP contribution is -2.51. The average molecular weight is 202 g/mol. The number of aliphatic hydroxyl groups is 1. The standard InChI is InChI=1S/C11H22OS/c1-6-7(2)9(4)11(12,13)10(5)8(6)3/h6-10,12-13H,1-5H3/t6?,7-,8-,9+,10?,11?/m0/s1. The molecule has 3 unspecified atom stereocenters. The van der Waals surface area contributed by atoms with E-state index in [-0.39, 0.29) is 11.8 Å². The van der Waals surface area contributed by atoms with Crippen molar-refractivity contribution in [1.29, 1.82) is 0 Å². The summed E-state index contributed by atoms with van der Waals surface area (Å²) in [4.78, 5) is -0.786. The fourth-order valence-corrected chi connectivity index (χ4v) is 3.05. The first-order valence-electron chi connectivity index (χ1n) is 5.24. The van der Waals surface area contributed by atoms with Crippen molar-refractivity contribution >= 4 is 12.6 Å². The van der Waals surface area contributed by atoms with E-state index >= 15 is 0 Å². The van der Waals surface area contributed by atoms with Crippen molar-refractivity contribution in [1.82, 2.24) is 0 Å². The lowest BCUT2D eigenvalue weighted by atomic mass is 9.63. The second-order valence-corrected chi connectivity index (χ2v) is 5.65. The van der Waals surface area contributed by atoms with Crippen molar-refractivity contribution in [3.05, 3.63) is 0 Å². The fraction of sp³-hybridized carbons (Fsp3) is 1.00. The predicted molar refractivity (Wildman–Crippen MR) is 59.8 cm³/mol. The van der Waals surface area contributed by atoms with Gasteiger partial charge in [-0.2, -0.15) is 0 Å². The minimum Gasteiger partial charge on any atom is -0.379 e. The third-order valence-electron chi connectivity index (χ3n) is 4.58. The van der Waals surface area contributed by atoms with Gasteiger partial charge in [-0.15, -0.1) is 12.6 Å². The Balaban J connectivity index is 2.93. The zero-order chi connectivity index (χ0) is 10.4. The van der Waals surface area contributed by atoms with Gasteiger partial charge in [0, 0.05) is 0 Å². The van der Waals surface area contributed by atoms with Gasteiger partial charge in [0.05, 0.1) is 0 Å². The van der Waals surface area contributed by atoms with E-state index in [9.17, 15) is 5.11 Å². The van der Waals surface area contributed by atoms with Crippen LogP contribution in [-0.2, 0) is 0 Å². The van der Waals surface area contributed by atoms with Crippen molar-refractivity contribution in [3.8, 4) is 0 Å². The Morgan fingerprint density at radius 3 is 1.46 bits per heavy atom. The molecule has 0 aromatic rings. The highest BCUT2D eigenvalue weighted by Crippen LogP contribution is 2.49. The maximum atomic E-state index is 10.2. The van der Waals surface area contributed by atoms with Gasteiger partial charge in [0.15, 0.2) is 0 Å². The molecule has 1 aliphatic rings. The molecule has 1 N–H and O–H groups in total. The van der Waals surface area contributed by atoms with E-state index in [4.69, 9.17) is 0 Å². The zero-order valence-corrected chi connectivity index (χ0v) is 10.2. The second-order valence-electron chi connectivity index (χ2n) is 4.94. The van der Waals surface area contributed by atoms with Gasteiger partial charge >= 0.3 is 0 Å². The molecule has 0 bridgehead atoms. The van der Waals surface area contributed by atoms with Crippen molar-refractivity contribution in [2.45, 2.75) is 39.6 Å². The summed E-state index contributed by atoms with van der Waals surface area (Å²) < 4.78 is 0. The highest BCUT2D eigenvalue weighted by atomic mass is 32.1. The van der Waals surface area contributed by atoms with Crippen LogP contribution in [0.25, 0.3) is 0 Å². The lowest BCUT2D eigenvalue weighted by molar-refractivity contribution is -0.0759. The molecular weight excluding hydrogens is 180 g/mol. The average Bonchev–Trinajstić information content (AvgIpc) is 2.09. The number of thiol groups is 1. The first-order valence-corrected chi connectivity index (χ1v) is 5.69. The molecular formula is C11H22OS. The van der Waals surface area contributed by atoms with Crippen molar-refractivity contribution < 1.29 is 5.11 Å². The lowest BCUT2D eigenvalue weighted by Gasteiger charge is -2.50. The monoisotopic (exact) mass is 202 g/mol. The molecule has 2 heteroatoms. The number of hydrogen-bond acceptors (Lipinski definition) is 2. The van der Waals surface area contributed by atoms with E-state index in [1.54, 1.807) is 0 Å². The normalized spacial score (nSPS) is 57.9. The van der Waals surface area contributed by atoms with Gasteiger partial charge < -0.3 is 5.11 Å². The largest absolute Gasteiger partial charge is 0.379 e. The summed E-state index contributed by atoms with van der Waals surface area (Å²) in [6.07, 6.45) is 0. The summed E-state index contributed by atoms with van der Waals surface area (Å²) in [6, 6.07) is 0. The van der Waals surface area contributed by atoms with E-state index in [0.717, 1.165) is 0 Å². The highest BCUT2D eigenvalue weighted by molar-refractivity contribution is 7.81. The highest BCUT2D eigenvalue weighted by Gasteiger charge is 2.48. The molecule has 1 aliphatic carbocycles. The molecule has 0 aromatic heterocycles. The van der Waals surface area contributed by atoms with Crippen LogP contribution < -0.4 is 0 Å². The second kappa shape index (κ2) is 3.47. The van der Waals surface area contributed by atoms with Crippen LogP contribution in [0.2, 0.25) is 0 Å². The Hall–Kier alpha value is 0.310. The molecule has 0 saturated heterocycles. The maximum Gasteiger partial charge on any atom is 0.113 e. The van der Waals surface area contributed by atoms with Crippen LogP contribution in [0.1, 0.15) is 34.6 Å².